The normalized spacial score (nSPS) is 10.2. The Labute approximate surface area is 144 Å². The summed E-state index contributed by atoms with van der Waals surface area (Å²) < 4.78 is 4.86. The van der Waals surface area contributed by atoms with Gasteiger partial charge in [-0.3, -0.25) is 4.79 Å². The number of nitrogens with two attached hydrogens (primary N) is 1. The van der Waals surface area contributed by atoms with E-state index in [0.29, 0.717) is 17.3 Å². The summed E-state index contributed by atoms with van der Waals surface area (Å²) in [6.45, 7) is 1.96. The van der Waals surface area contributed by atoms with Crippen molar-refractivity contribution in [3.63, 3.8) is 0 Å². The van der Waals surface area contributed by atoms with Gasteiger partial charge in [0.2, 0.25) is 5.91 Å². The Morgan fingerprint density at radius 1 is 1.29 bits per heavy atom. The quantitative estimate of drug-likeness (QED) is 0.450. The first-order valence-corrected chi connectivity index (χ1v) is 8.36. The molecule has 0 spiro atoms. The van der Waals surface area contributed by atoms with Crippen LogP contribution in [0, 0.1) is 0 Å². The first kappa shape index (κ1) is 17.7. The molecule has 24 heavy (non-hydrogen) atoms. The van der Waals surface area contributed by atoms with Crippen LogP contribution in [-0.2, 0) is 9.53 Å². The molecule has 0 unspecified atom stereocenters. The molecule has 1 amide bonds. The third kappa shape index (κ3) is 5.24. The van der Waals surface area contributed by atoms with Gasteiger partial charge in [-0.2, -0.15) is 0 Å². The lowest BCUT2D eigenvalue weighted by Crippen LogP contribution is -2.12. The fourth-order valence-corrected chi connectivity index (χ4v) is 2.55. The molecule has 1 aromatic carbocycles. The number of thioether (sulfide) groups is 1. The van der Waals surface area contributed by atoms with Gasteiger partial charge in [0.05, 0.1) is 6.61 Å². The van der Waals surface area contributed by atoms with Crippen molar-refractivity contribution in [2.45, 2.75) is 18.5 Å². The van der Waals surface area contributed by atoms with Crippen LogP contribution in [0.25, 0.3) is 0 Å². The number of benzene rings is 1. The van der Waals surface area contributed by atoms with Crippen molar-refractivity contribution in [3.05, 3.63) is 42.1 Å². The summed E-state index contributed by atoms with van der Waals surface area (Å²) in [5, 5.41) is 3.21. The second kappa shape index (κ2) is 8.88. The highest BCUT2D eigenvalue weighted by atomic mass is 32.2. The van der Waals surface area contributed by atoms with E-state index in [1.165, 1.54) is 18.0 Å². The predicted octanol–water partition coefficient (Wildman–Crippen LogP) is 2.36. The fraction of sp³-hybridized carbons (Fsp3) is 0.250. The molecule has 1 aromatic heterocycles. The molecule has 1 heterocycles. The molecule has 8 heteroatoms. The Morgan fingerprint density at radius 3 is 2.71 bits per heavy atom. The molecule has 0 radical (unpaired) electrons. The van der Waals surface area contributed by atoms with Crippen LogP contribution in [0.4, 0.5) is 11.5 Å². The van der Waals surface area contributed by atoms with E-state index in [1.807, 2.05) is 30.3 Å². The van der Waals surface area contributed by atoms with Crippen LogP contribution in [0.1, 0.15) is 23.7 Å². The molecular formula is C16H18N4O3S. The van der Waals surface area contributed by atoms with Gasteiger partial charge in [0.1, 0.15) is 11.4 Å². The maximum atomic E-state index is 11.8. The minimum Gasteiger partial charge on any atom is -0.462 e. The third-order valence-electron chi connectivity index (χ3n) is 2.91. The smallest absolute Gasteiger partial charge is 0.343 e. The minimum atomic E-state index is -0.547. The summed E-state index contributed by atoms with van der Waals surface area (Å²) in [4.78, 5) is 31.6. The second-order valence-electron chi connectivity index (χ2n) is 4.68. The Kier molecular flexibility index (Phi) is 6.56. The summed E-state index contributed by atoms with van der Waals surface area (Å²) >= 11 is 1.29. The van der Waals surface area contributed by atoms with Gasteiger partial charge in [-0.15, -0.1) is 0 Å². The SMILES string of the molecule is CCOC(=O)c1cnc(SCCC(=O)Nc2ccccc2)nc1N. The highest BCUT2D eigenvalue weighted by molar-refractivity contribution is 7.99. The van der Waals surface area contributed by atoms with Gasteiger partial charge in [0.25, 0.3) is 0 Å². The summed E-state index contributed by atoms with van der Waals surface area (Å²) in [5.41, 5.74) is 6.64. The van der Waals surface area contributed by atoms with Crippen LogP contribution in [-0.4, -0.2) is 34.2 Å². The largest absolute Gasteiger partial charge is 0.462 e. The molecule has 0 aliphatic rings. The molecule has 7 nitrogen and oxygen atoms in total. The lowest BCUT2D eigenvalue weighted by molar-refractivity contribution is -0.115. The number of para-hydroxylation sites is 1. The number of hydrogen-bond donors (Lipinski definition) is 2. The molecule has 0 bridgehead atoms. The molecule has 0 saturated carbocycles. The predicted molar refractivity (Wildman–Crippen MR) is 92.8 cm³/mol. The minimum absolute atomic E-state index is 0.0692. The zero-order chi connectivity index (χ0) is 17.4. The van der Waals surface area contributed by atoms with Gasteiger partial charge in [-0.25, -0.2) is 14.8 Å². The van der Waals surface area contributed by atoms with Crippen molar-refractivity contribution in [2.24, 2.45) is 0 Å². The number of carbonyl (C=O) groups is 2. The maximum Gasteiger partial charge on any atom is 0.343 e. The molecule has 0 saturated heterocycles. The average molecular weight is 346 g/mol. The van der Waals surface area contributed by atoms with Crippen LogP contribution in [0.5, 0.6) is 0 Å². The van der Waals surface area contributed by atoms with Gasteiger partial charge in [-0.05, 0) is 19.1 Å². The Bertz CT molecular complexity index is 710. The molecule has 0 atom stereocenters. The van der Waals surface area contributed by atoms with Crippen molar-refractivity contribution >= 4 is 35.1 Å². The van der Waals surface area contributed by atoms with E-state index < -0.39 is 5.97 Å². The van der Waals surface area contributed by atoms with Gasteiger partial charge in [0, 0.05) is 24.1 Å². The van der Waals surface area contributed by atoms with Crippen LogP contribution >= 0.6 is 11.8 Å². The van der Waals surface area contributed by atoms with Gasteiger partial charge in [0.15, 0.2) is 5.16 Å². The van der Waals surface area contributed by atoms with E-state index in [2.05, 4.69) is 15.3 Å². The number of aromatic nitrogens is 2. The molecule has 0 aliphatic carbocycles. The van der Waals surface area contributed by atoms with Crippen molar-refractivity contribution in [2.75, 3.05) is 23.4 Å². The molecule has 0 fully saturated rings. The van der Waals surface area contributed by atoms with Crippen molar-refractivity contribution in [1.82, 2.24) is 9.97 Å². The zero-order valence-corrected chi connectivity index (χ0v) is 14.0. The van der Waals surface area contributed by atoms with E-state index >= 15 is 0 Å². The number of nitrogens with zero attached hydrogens (tertiary/aromatic N) is 2. The number of rotatable bonds is 7. The van der Waals surface area contributed by atoms with Gasteiger partial charge >= 0.3 is 5.97 Å². The van der Waals surface area contributed by atoms with Crippen molar-refractivity contribution in [3.8, 4) is 0 Å². The lowest BCUT2D eigenvalue weighted by atomic mass is 10.3. The number of nitrogens with one attached hydrogen (secondary N) is 1. The van der Waals surface area contributed by atoms with Gasteiger partial charge < -0.3 is 15.8 Å². The van der Waals surface area contributed by atoms with Crippen molar-refractivity contribution in [1.29, 1.82) is 0 Å². The Hall–Kier alpha value is -2.61. The van der Waals surface area contributed by atoms with E-state index in [9.17, 15) is 9.59 Å². The van der Waals surface area contributed by atoms with Crippen molar-refractivity contribution < 1.29 is 14.3 Å². The molecular weight excluding hydrogens is 328 g/mol. The Morgan fingerprint density at radius 2 is 2.04 bits per heavy atom. The zero-order valence-electron chi connectivity index (χ0n) is 13.2. The van der Waals surface area contributed by atoms with Crippen LogP contribution in [0.3, 0.4) is 0 Å². The lowest BCUT2D eigenvalue weighted by Gasteiger charge is -2.06. The number of amides is 1. The molecule has 0 aliphatic heterocycles. The first-order valence-electron chi connectivity index (χ1n) is 7.37. The molecule has 126 valence electrons. The Balaban J connectivity index is 1.83. The number of ether oxygens (including phenoxy) is 1. The fourth-order valence-electron chi connectivity index (χ4n) is 1.79. The summed E-state index contributed by atoms with van der Waals surface area (Å²) in [6, 6.07) is 9.23. The number of esters is 1. The second-order valence-corrected chi connectivity index (χ2v) is 5.75. The number of hydrogen-bond acceptors (Lipinski definition) is 7. The maximum absolute atomic E-state index is 11.8. The van der Waals surface area contributed by atoms with E-state index in [4.69, 9.17) is 10.5 Å². The molecule has 2 aromatic rings. The van der Waals surface area contributed by atoms with Gasteiger partial charge in [-0.1, -0.05) is 30.0 Å². The number of nitrogen functional groups attached to an aromatic ring is 1. The standard InChI is InChI=1S/C16H18N4O3S/c1-2-23-15(22)12-10-18-16(20-14(12)17)24-9-8-13(21)19-11-6-4-3-5-7-11/h3-7,10H,2,8-9H2,1H3,(H,19,21)(H2,17,18,20). The molecule has 2 rings (SSSR count). The summed E-state index contributed by atoms with van der Waals surface area (Å²) in [6.07, 6.45) is 1.65. The van der Waals surface area contributed by atoms with E-state index in [-0.39, 0.29) is 23.9 Å². The highest BCUT2D eigenvalue weighted by Gasteiger charge is 2.14. The molecule has 3 N–H and O–H groups in total. The number of anilines is 2. The summed E-state index contributed by atoms with van der Waals surface area (Å²) in [7, 11) is 0. The monoisotopic (exact) mass is 346 g/mol. The number of carbonyl (C=O) groups excluding carboxylic acids is 2. The highest BCUT2D eigenvalue weighted by Crippen LogP contribution is 2.18. The topological polar surface area (TPSA) is 107 Å². The van der Waals surface area contributed by atoms with E-state index in [0.717, 1.165) is 5.69 Å². The van der Waals surface area contributed by atoms with Crippen LogP contribution in [0.15, 0.2) is 41.7 Å². The van der Waals surface area contributed by atoms with Crippen LogP contribution < -0.4 is 11.1 Å². The van der Waals surface area contributed by atoms with E-state index in [1.54, 1.807) is 6.92 Å². The summed E-state index contributed by atoms with van der Waals surface area (Å²) in [5.74, 6) is -0.0741. The van der Waals surface area contributed by atoms with Crippen LogP contribution in [0.2, 0.25) is 0 Å². The first-order chi connectivity index (χ1) is 11.6. The third-order valence-corrected chi connectivity index (χ3v) is 3.77. The average Bonchev–Trinajstić information content (AvgIpc) is 2.56.